The molecule has 6 nitrogen and oxygen atoms in total. The molecule has 3 heterocycles. The number of carbonyl (C=O) groups is 2. The van der Waals surface area contributed by atoms with Crippen molar-refractivity contribution in [1.82, 2.24) is 20.1 Å². The van der Waals surface area contributed by atoms with Gasteiger partial charge in [-0.1, -0.05) is 6.07 Å². The van der Waals surface area contributed by atoms with Gasteiger partial charge in [0.2, 0.25) is 11.8 Å². The molecule has 0 saturated carbocycles. The second-order valence-corrected chi connectivity index (χ2v) is 8.11. The van der Waals surface area contributed by atoms with Crippen LogP contribution in [0.2, 0.25) is 0 Å². The largest absolute Gasteiger partial charge is 0.361 e. The summed E-state index contributed by atoms with van der Waals surface area (Å²) in [6.07, 6.45) is 4.87. The summed E-state index contributed by atoms with van der Waals surface area (Å²) in [4.78, 5) is 31.1. The molecular formula is C21H28N4O2. The van der Waals surface area contributed by atoms with E-state index in [9.17, 15) is 9.59 Å². The molecule has 2 aromatic rings. The highest BCUT2D eigenvalue weighted by molar-refractivity contribution is 5.79. The summed E-state index contributed by atoms with van der Waals surface area (Å²) >= 11 is 0. The molecule has 2 amide bonds. The number of hydrogen-bond acceptors (Lipinski definition) is 3. The third-order valence-corrected chi connectivity index (χ3v) is 6.28. The number of nitrogens with one attached hydrogen (secondary N) is 2. The minimum absolute atomic E-state index is 0.0342. The van der Waals surface area contributed by atoms with Gasteiger partial charge in [-0.3, -0.25) is 14.5 Å². The fourth-order valence-corrected chi connectivity index (χ4v) is 4.91. The minimum atomic E-state index is 0.0342. The fraction of sp³-hybridized carbons (Fsp3) is 0.524. The molecule has 2 fully saturated rings. The van der Waals surface area contributed by atoms with Crippen LogP contribution in [0, 0.1) is 0 Å². The molecule has 2 aliphatic rings. The number of amides is 2. The van der Waals surface area contributed by atoms with E-state index in [0.29, 0.717) is 0 Å². The van der Waals surface area contributed by atoms with Gasteiger partial charge in [0.25, 0.3) is 0 Å². The first kappa shape index (κ1) is 18.0. The number of rotatable bonds is 3. The summed E-state index contributed by atoms with van der Waals surface area (Å²) in [7, 11) is 0. The highest BCUT2D eigenvalue weighted by Gasteiger charge is 2.47. The highest BCUT2D eigenvalue weighted by atomic mass is 16.2. The van der Waals surface area contributed by atoms with Gasteiger partial charge in [0.05, 0.1) is 0 Å². The number of fused-ring (bicyclic) bond motifs is 1. The van der Waals surface area contributed by atoms with Crippen LogP contribution in [0.5, 0.6) is 0 Å². The van der Waals surface area contributed by atoms with Crippen molar-refractivity contribution in [3.8, 4) is 0 Å². The quantitative estimate of drug-likeness (QED) is 0.873. The normalized spacial score (nSPS) is 22.4. The molecule has 4 rings (SSSR count). The Morgan fingerprint density at radius 1 is 1.22 bits per heavy atom. The zero-order valence-electron chi connectivity index (χ0n) is 16.1. The van der Waals surface area contributed by atoms with E-state index in [4.69, 9.17) is 0 Å². The number of likely N-dealkylation sites (tertiary alicyclic amines) is 2. The molecule has 1 aromatic heterocycles. The topological polar surface area (TPSA) is 68.4 Å². The van der Waals surface area contributed by atoms with E-state index in [0.717, 1.165) is 51.0 Å². The predicted octanol–water partition coefficient (Wildman–Crippen LogP) is 2.26. The molecule has 27 heavy (non-hydrogen) atoms. The first-order valence-electron chi connectivity index (χ1n) is 9.79. The van der Waals surface area contributed by atoms with Crippen molar-refractivity contribution in [3.05, 3.63) is 36.0 Å². The molecule has 144 valence electrons. The Morgan fingerprint density at radius 2 is 2.00 bits per heavy atom. The number of nitrogens with zero attached hydrogens (tertiary/aromatic N) is 2. The van der Waals surface area contributed by atoms with Gasteiger partial charge in [0.1, 0.15) is 0 Å². The number of hydrogen-bond donors (Lipinski definition) is 2. The second kappa shape index (κ2) is 7.00. The lowest BCUT2D eigenvalue weighted by Crippen LogP contribution is -2.52. The summed E-state index contributed by atoms with van der Waals surface area (Å²) in [5, 5.41) is 4.35. The Kier molecular flexibility index (Phi) is 4.68. The Bertz CT molecular complexity index is 851. The van der Waals surface area contributed by atoms with Gasteiger partial charge < -0.3 is 15.2 Å². The number of benzene rings is 1. The molecule has 0 radical (unpaired) electrons. The average Bonchev–Trinajstić information content (AvgIpc) is 3.20. The van der Waals surface area contributed by atoms with Gasteiger partial charge in [0, 0.05) is 63.3 Å². The van der Waals surface area contributed by atoms with Crippen LogP contribution in [-0.4, -0.2) is 57.8 Å². The van der Waals surface area contributed by atoms with E-state index in [1.807, 2.05) is 11.1 Å². The van der Waals surface area contributed by atoms with Crippen LogP contribution >= 0.6 is 0 Å². The summed E-state index contributed by atoms with van der Waals surface area (Å²) in [5.74, 6) is 0.192. The van der Waals surface area contributed by atoms with E-state index in [2.05, 4.69) is 39.5 Å². The van der Waals surface area contributed by atoms with Crippen LogP contribution in [0.4, 0.5) is 0 Å². The van der Waals surface area contributed by atoms with Crippen LogP contribution < -0.4 is 5.32 Å². The van der Waals surface area contributed by atoms with E-state index >= 15 is 0 Å². The maximum atomic E-state index is 11.7. The van der Waals surface area contributed by atoms with E-state index in [1.54, 1.807) is 13.8 Å². The summed E-state index contributed by atoms with van der Waals surface area (Å²) in [6, 6.07) is 8.85. The molecule has 2 aliphatic heterocycles. The van der Waals surface area contributed by atoms with E-state index < -0.39 is 0 Å². The van der Waals surface area contributed by atoms with Crippen molar-refractivity contribution in [2.75, 3.05) is 19.6 Å². The molecular weight excluding hydrogens is 340 g/mol. The van der Waals surface area contributed by atoms with Crippen LogP contribution in [-0.2, 0) is 16.1 Å². The maximum Gasteiger partial charge on any atom is 0.219 e. The molecule has 1 aromatic carbocycles. The van der Waals surface area contributed by atoms with Gasteiger partial charge in [-0.15, -0.1) is 0 Å². The molecule has 0 unspecified atom stereocenters. The number of aromatic amines is 1. The number of aromatic nitrogens is 1. The average molecular weight is 368 g/mol. The van der Waals surface area contributed by atoms with Gasteiger partial charge in [0.15, 0.2) is 0 Å². The monoisotopic (exact) mass is 368 g/mol. The molecule has 2 saturated heterocycles. The van der Waals surface area contributed by atoms with Crippen molar-refractivity contribution in [3.63, 3.8) is 0 Å². The first-order chi connectivity index (χ1) is 12.9. The zero-order chi connectivity index (χ0) is 19.0. The predicted molar refractivity (Wildman–Crippen MR) is 105 cm³/mol. The maximum absolute atomic E-state index is 11.7. The SMILES string of the molecule is CC(=O)N[C@@H]1CN(Cc2ccc3[nH]ccc3c2)C2(CCN(C(C)=O)CC2)C1. The standard InChI is InChI=1S/C21H28N4O2/c1-15(26)23-19-12-21(6-9-24(10-7-21)16(2)27)25(14-19)13-17-3-4-20-18(11-17)5-8-22-20/h3-5,8,11,19,22H,6-7,9-10,12-14H2,1-2H3,(H,23,26)/t19-/m0/s1. The Labute approximate surface area is 159 Å². The fourth-order valence-electron chi connectivity index (χ4n) is 4.91. The smallest absolute Gasteiger partial charge is 0.219 e. The molecule has 1 atom stereocenters. The molecule has 0 bridgehead atoms. The third-order valence-electron chi connectivity index (χ3n) is 6.28. The Morgan fingerprint density at radius 3 is 2.70 bits per heavy atom. The summed E-state index contributed by atoms with van der Waals surface area (Å²) in [6.45, 7) is 6.58. The number of piperidine rings is 1. The van der Waals surface area contributed by atoms with Crippen molar-refractivity contribution >= 4 is 22.7 Å². The third kappa shape index (κ3) is 3.58. The highest BCUT2D eigenvalue weighted by Crippen LogP contribution is 2.39. The van der Waals surface area contributed by atoms with Gasteiger partial charge in [-0.2, -0.15) is 0 Å². The van der Waals surface area contributed by atoms with Gasteiger partial charge in [-0.25, -0.2) is 0 Å². The van der Waals surface area contributed by atoms with E-state index in [-0.39, 0.29) is 23.4 Å². The lowest BCUT2D eigenvalue weighted by Gasteiger charge is -2.45. The Hall–Kier alpha value is -2.34. The minimum Gasteiger partial charge on any atom is -0.361 e. The van der Waals surface area contributed by atoms with Crippen molar-refractivity contribution in [2.45, 2.75) is 51.2 Å². The van der Waals surface area contributed by atoms with Gasteiger partial charge in [-0.05, 0) is 48.4 Å². The van der Waals surface area contributed by atoms with Crippen molar-refractivity contribution < 1.29 is 9.59 Å². The molecule has 2 N–H and O–H groups in total. The second-order valence-electron chi connectivity index (χ2n) is 8.11. The lowest BCUT2D eigenvalue weighted by molar-refractivity contribution is -0.131. The zero-order valence-corrected chi connectivity index (χ0v) is 16.1. The number of H-pyrrole nitrogens is 1. The summed E-state index contributed by atoms with van der Waals surface area (Å²) in [5.41, 5.74) is 2.51. The summed E-state index contributed by atoms with van der Waals surface area (Å²) < 4.78 is 0. The molecule has 1 spiro atoms. The lowest BCUT2D eigenvalue weighted by atomic mass is 9.84. The Balaban J connectivity index is 1.55. The van der Waals surface area contributed by atoms with E-state index in [1.165, 1.54) is 10.9 Å². The number of carbonyl (C=O) groups excluding carboxylic acids is 2. The van der Waals surface area contributed by atoms with Crippen LogP contribution in [0.15, 0.2) is 30.5 Å². The van der Waals surface area contributed by atoms with Crippen molar-refractivity contribution in [2.24, 2.45) is 0 Å². The first-order valence-corrected chi connectivity index (χ1v) is 9.79. The van der Waals surface area contributed by atoms with Gasteiger partial charge >= 0.3 is 0 Å². The van der Waals surface area contributed by atoms with Crippen LogP contribution in [0.3, 0.4) is 0 Å². The molecule has 0 aliphatic carbocycles. The van der Waals surface area contributed by atoms with Crippen molar-refractivity contribution in [1.29, 1.82) is 0 Å². The molecule has 6 heteroatoms. The van der Waals surface area contributed by atoms with Crippen LogP contribution in [0.25, 0.3) is 10.9 Å². The van der Waals surface area contributed by atoms with Crippen LogP contribution in [0.1, 0.15) is 38.7 Å².